The highest BCUT2D eigenvalue weighted by molar-refractivity contribution is 7.11. The molecule has 0 atom stereocenters. The van der Waals surface area contributed by atoms with Crippen LogP contribution in [0.5, 0.6) is 0 Å². The quantitative estimate of drug-likeness (QED) is 0.427. The van der Waals surface area contributed by atoms with Crippen LogP contribution in [0.3, 0.4) is 0 Å². The Morgan fingerprint density at radius 2 is 1.83 bits per heavy atom. The molecule has 2 aliphatic rings. The van der Waals surface area contributed by atoms with Gasteiger partial charge in [0.2, 0.25) is 5.91 Å². The molecule has 0 fully saturated rings. The molecule has 0 N–H and O–H groups in total. The van der Waals surface area contributed by atoms with Crippen LogP contribution in [-0.4, -0.2) is 33.8 Å². The average Bonchev–Trinajstić information content (AvgIpc) is 3.32. The van der Waals surface area contributed by atoms with Gasteiger partial charge in [0, 0.05) is 17.1 Å². The van der Waals surface area contributed by atoms with Crippen molar-refractivity contribution in [2.24, 2.45) is 0 Å². The predicted octanol–water partition coefficient (Wildman–Crippen LogP) is 6.30. The fourth-order valence-electron chi connectivity index (χ4n) is 5.07. The fraction of sp³-hybridized carbons (Fsp3) is 0.333. The van der Waals surface area contributed by atoms with Gasteiger partial charge in [-0.2, -0.15) is 0 Å². The van der Waals surface area contributed by atoms with E-state index < -0.39 is 0 Å². The number of amides is 1. The summed E-state index contributed by atoms with van der Waals surface area (Å²) in [6, 6.07) is 15.1. The van der Waals surface area contributed by atoms with Gasteiger partial charge in [-0.3, -0.25) is 4.79 Å². The Kier molecular flexibility index (Phi) is 6.61. The van der Waals surface area contributed by atoms with E-state index in [0.717, 1.165) is 41.3 Å². The van der Waals surface area contributed by atoms with E-state index in [-0.39, 0.29) is 5.91 Å². The van der Waals surface area contributed by atoms with Crippen LogP contribution < -0.4 is 0 Å². The van der Waals surface area contributed by atoms with Crippen molar-refractivity contribution in [3.8, 4) is 0 Å². The van der Waals surface area contributed by atoms with Crippen LogP contribution >= 0.6 is 11.3 Å². The summed E-state index contributed by atoms with van der Waals surface area (Å²) in [5.41, 5.74) is 9.92. The Hall–Kier alpha value is -3.18. The van der Waals surface area contributed by atoms with Crippen LogP contribution in [0, 0.1) is 20.8 Å². The molecule has 0 saturated heterocycles. The monoisotopic (exact) mass is 483 g/mol. The first kappa shape index (κ1) is 23.6. The highest BCUT2D eigenvalue weighted by Crippen LogP contribution is 2.33. The molecule has 4 nitrogen and oxygen atoms in total. The molecular weight excluding hydrogens is 450 g/mol. The van der Waals surface area contributed by atoms with E-state index in [4.69, 9.17) is 0 Å². The Morgan fingerprint density at radius 3 is 2.57 bits per heavy atom. The van der Waals surface area contributed by atoms with Crippen molar-refractivity contribution >= 4 is 28.5 Å². The molecule has 0 bridgehead atoms. The van der Waals surface area contributed by atoms with Gasteiger partial charge in [-0.1, -0.05) is 55.5 Å². The van der Waals surface area contributed by atoms with Gasteiger partial charge in [0.05, 0.1) is 30.3 Å². The summed E-state index contributed by atoms with van der Waals surface area (Å²) in [6.45, 7) is 11.1. The molecule has 0 spiro atoms. The molecule has 1 amide bonds. The van der Waals surface area contributed by atoms with E-state index in [2.05, 4.69) is 79.2 Å². The van der Waals surface area contributed by atoms with Crippen LogP contribution in [0.1, 0.15) is 56.7 Å². The first-order valence-electron chi connectivity index (χ1n) is 12.5. The fourth-order valence-corrected chi connectivity index (χ4v) is 6.03. The predicted molar refractivity (Wildman–Crippen MR) is 145 cm³/mol. The zero-order valence-electron chi connectivity index (χ0n) is 21.1. The standard InChI is InChI=1S/C30H33N3OS/c1-5-23-14-20(2)21(3)15-26(23)25-12-9-13-32(28(16-25)24-10-7-6-8-11-24)19-30(34)33-17-27-29(18-33)35-22(4)31-27/h6-8,10-12,14-16H,5,9,13,17-19H2,1-4H3. The van der Waals surface area contributed by atoms with E-state index in [1.54, 1.807) is 11.3 Å². The molecule has 180 valence electrons. The minimum Gasteiger partial charge on any atom is -0.361 e. The molecule has 0 saturated carbocycles. The molecule has 3 heterocycles. The smallest absolute Gasteiger partial charge is 0.242 e. The Labute approximate surface area is 212 Å². The van der Waals surface area contributed by atoms with E-state index in [1.807, 2.05) is 17.9 Å². The number of nitrogens with zero attached hydrogens (tertiary/aromatic N) is 3. The number of aryl methyl sites for hydroxylation is 4. The third kappa shape index (κ3) is 4.83. The summed E-state index contributed by atoms with van der Waals surface area (Å²) in [5.74, 6) is 0.165. The van der Waals surface area contributed by atoms with Crippen molar-refractivity contribution in [2.75, 3.05) is 13.1 Å². The number of rotatable bonds is 5. The van der Waals surface area contributed by atoms with Gasteiger partial charge in [0.1, 0.15) is 0 Å². The number of carbonyl (C=O) groups excluding carboxylic acids is 1. The number of fused-ring (bicyclic) bond motifs is 1. The van der Waals surface area contributed by atoms with Crippen molar-refractivity contribution in [3.63, 3.8) is 0 Å². The van der Waals surface area contributed by atoms with Gasteiger partial charge in [-0.15, -0.1) is 11.3 Å². The minimum absolute atomic E-state index is 0.165. The molecule has 35 heavy (non-hydrogen) atoms. The number of allylic oxidation sites excluding steroid dienone is 2. The number of hydrogen-bond donors (Lipinski definition) is 0. The van der Waals surface area contributed by atoms with Gasteiger partial charge < -0.3 is 9.80 Å². The summed E-state index contributed by atoms with van der Waals surface area (Å²) in [6.07, 6.45) is 6.54. The molecule has 1 aromatic heterocycles. The van der Waals surface area contributed by atoms with Crippen LogP contribution in [0.15, 0.2) is 54.6 Å². The van der Waals surface area contributed by atoms with Gasteiger partial charge in [0.25, 0.3) is 0 Å². The number of aromatic nitrogens is 1. The molecule has 0 radical (unpaired) electrons. The highest BCUT2D eigenvalue weighted by atomic mass is 32.1. The Balaban J connectivity index is 1.46. The zero-order valence-corrected chi connectivity index (χ0v) is 21.9. The zero-order chi connectivity index (χ0) is 24.5. The van der Waals surface area contributed by atoms with E-state index in [9.17, 15) is 4.79 Å². The SMILES string of the molecule is CCc1cc(C)c(C)cc1C1=CCCN(CC(=O)N2Cc3nc(C)sc3C2)C(c2ccccc2)=C1. The lowest BCUT2D eigenvalue weighted by Gasteiger charge is -2.28. The Bertz CT molecular complexity index is 1300. The van der Waals surface area contributed by atoms with Crippen molar-refractivity contribution in [1.82, 2.24) is 14.8 Å². The first-order chi connectivity index (χ1) is 16.9. The lowest BCUT2D eigenvalue weighted by molar-refractivity contribution is -0.132. The molecule has 5 heteroatoms. The lowest BCUT2D eigenvalue weighted by atomic mass is 9.92. The lowest BCUT2D eigenvalue weighted by Crippen LogP contribution is -2.37. The second-order valence-corrected chi connectivity index (χ2v) is 10.9. The largest absolute Gasteiger partial charge is 0.361 e. The molecule has 0 unspecified atom stereocenters. The molecular formula is C30H33N3OS. The van der Waals surface area contributed by atoms with Crippen molar-refractivity contribution < 1.29 is 4.79 Å². The number of hydrogen-bond acceptors (Lipinski definition) is 4. The maximum atomic E-state index is 13.4. The number of benzene rings is 2. The third-order valence-electron chi connectivity index (χ3n) is 7.12. The second kappa shape index (κ2) is 9.82. The van der Waals surface area contributed by atoms with Gasteiger partial charge in [0.15, 0.2) is 0 Å². The van der Waals surface area contributed by atoms with Crippen LogP contribution in [0.2, 0.25) is 0 Å². The van der Waals surface area contributed by atoms with E-state index in [1.165, 1.54) is 32.7 Å². The molecule has 5 rings (SSSR count). The summed E-state index contributed by atoms with van der Waals surface area (Å²) >= 11 is 1.71. The summed E-state index contributed by atoms with van der Waals surface area (Å²) in [4.78, 5) is 23.5. The van der Waals surface area contributed by atoms with Gasteiger partial charge >= 0.3 is 0 Å². The number of thiazole rings is 1. The average molecular weight is 484 g/mol. The highest BCUT2D eigenvalue weighted by Gasteiger charge is 2.28. The van der Waals surface area contributed by atoms with Crippen molar-refractivity contribution in [3.05, 3.63) is 98.0 Å². The van der Waals surface area contributed by atoms with Crippen LogP contribution in [0.4, 0.5) is 0 Å². The second-order valence-electron chi connectivity index (χ2n) is 9.57. The summed E-state index contributed by atoms with van der Waals surface area (Å²) < 4.78 is 0. The first-order valence-corrected chi connectivity index (χ1v) is 13.3. The normalized spacial score (nSPS) is 15.5. The third-order valence-corrected chi connectivity index (χ3v) is 8.11. The van der Waals surface area contributed by atoms with Gasteiger partial charge in [-0.05, 0) is 73.1 Å². The maximum Gasteiger partial charge on any atom is 0.242 e. The molecule has 2 aliphatic heterocycles. The van der Waals surface area contributed by atoms with Crippen LogP contribution in [0.25, 0.3) is 11.3 Å². The van der Waals surface area contributed by atoms with E-state index in [0.29, 0.717) is 19.6 Å². The minimum atomic E-state index is 0.165. The topological polar surface area (TPSA) is 36.4 Å². The maximum absolute atomic E-state index is 13.4. The molecule has 2 aromatic carbocycles. The molecule has 0 aliphatic carbocycles. The Morgan fingerprint density at radius 1 is 1.06 bits per heavy atom. The van der Waals surface area contributed by atoms with Crippen molar-refractivity contribution in [2.45, 2.75) is 53.6 Å². The van der Waals surface area contributed by atoms with E-state index >= 15 is 0 Å². The summed E-state index contributed by atoms with van der Waals surface area (Å²) in [5, 5.41) is 1.08. The van der Waals surface area contributed by atoms with Crippen molar-refractivity contribution in [1.29, 1.82) is 0 Å². The molecule has 3 aromatic rings. The van der Waals surface area contributed by atoms with Crippen LogP contribution in [-0.2, 0) is 24.3 Å². The van der Waals surface area contributed by atoms with Gasteiger partial charge in [-0.25, -0.2) is 4.98 Å². The summed E-state index contributed by atoms with van der Waals surface area (Å²) in [7, 11) is 0. The number of carbonyl (C=O) groups is 1.